The largest absolute Gasteiger partial charge is 0.388 e. The summed E-state index contributed by atoms with van der Waals surface area (Å²) in [4.78, 5) is 0. The second kappa shape index (κ2) is 7.60. The summed E-state index contributed by atoms with van der Waals surface area (Å²) in [7, 11) is 0. The van der Waals surface area contributed by atoms with Crippen LogP contribution in [0.5, 0.6) is 0 Å². The number of aliphatic hydroxyl groups excluding tert-OH is 1. The molecule has 0 heterocycles. The summed E-state index contributed by atoms with van der Waals surface area (Å²) >= 11 is 0. The number of aliphatic hydroxyl groups is 1. The van der Waals surface area contributed by atoms with E-state index >= 15 is 0 Å². The molecule has 0 aliphatic carbocycles. The summed E-state index contributed by atoms with van der Waals surface area (Å²) in [5.41, 5.74) is 5.00. The van der Waals surface area contributed by atoms with Gasteiger partial charge in [0, 0.05) is 0 Å². The number of benzene rings is 2. The van der Waals surface area contributed by atoms with E-state index < -0.39 is 0 Å². The molecule has 0 saturated heterocycles. The maximum Gasteiger partial charge on any atom is 0.0793 e. The maximum atomic E-state index is 10.4. The van der Waals surface area contributed by atoms with Crippen molar-refractivity contribution in [2.45, 2.75) is 58.5 Å². The fraction of sp³-hybridized carbons (Fsp3) is 0.429. The zero-order chi connectivity index (χ0) is 16.1. The third-order valence-corrected chi connectivity index (χ3v) is 4.34. The Kier molecular flexibility index (Phi) is 5.79. The molecule has 0 fully saturated rings. The Labute approximate surface area is 135 Å². The first-order valence-electron chi connectivity index (χ1n) is 8.34. The fourth-order valence-corrected chi connectivity index (χ4v) is 2.64. The van der Waals surface area contributed by atoms with Crippen LogP contribution in [0.3, 0.4) is 0 Å². The van der Waals surface area contributed by atoms with Crippen molar-refractivity contribution in [1.82, 2.24) is 0 Å². The second-order valence-electron chi connectivity index (χ2n) is 6.77. The number of aryl methyl sites for hydroxylation is 1. The monoisotopic (exact) mass is 296 g/mol. The van der Waals surface area contributed by atoms with E-state index in [1.54, 1.807) is 0 Å². The predicted molar refractivity (Wildman–Crippen MR) is 94.3 cm³/mol. The van der Waals surface area contributed by atoms with Crippen LogP contribution in [0.15, 0.2) is 48.5 Å². The van der Waals surface area contributed by atoms with Crippen molar-refractivity contribution in [3.05, 3.63) is 70.8 Å². The zero-order valence-corrected chi connectivity index (χ0v) is 14.2. The van der Waals surface area contributed by atoms with Crippen LogP contribution < -0.4 is 0 Å². The van der Waals surface area contributed by atoms with Crippen LogP contribution in [0.25, 0.3) is 0 Å². The van der Waals surface area contributed by atoms with E-state index in [4.69, 9.17) is 0 Å². The van der Waals surface area contributed by atoms with E-state index in [-0.39, 0.29) is 6.10 Å². The van der Waals surface area contributed by atoms with E-state index in [1.165, 1.54) is 16.7 Å². The van der Waals surface area contributed by atoms with Gasteiger partial charge in [-0.2, -0.15) is 0 Å². The first-order valence-corrected chi connectivity index (χ1v) is 8.34. The van der Waals surface area contributed by atoms with Gasteiger partial charge in [-0.3, -0.25) is 0 Å². The normalized spacial score (nSPS) is 12.9. The highest BCUT2D eigenvalue weighted by Crippen LogP contribution is 2.23. The van der Waals surface area contributed by atoms with Crippen molar-refractivity contribution in [1.29, 1.82) is 0 Å². The minimum absolute atomic E-state index is 0.383. The van der Waals surface area contributed by atoms with Gasteiger partial charge < -0.3 is 5.11 Å². The van der Waals surface area contributed by atoms with Crippen molar-refractivity contribution in [2.75, 3.05) is 0 Å². The Balaban J connectivity index is 1.93. The smallest absolute Gasteiger partial charge is 0.0793 e. The minimum Gasteiger partial charge on any atom is -0.388 e. The summed E-state index contributed by atoms with van der Waals surface area (Å²) in [6, 6.07) is 17.1. The van der Waals surface area contributed by atoms with Gasteiger partial charge in [0.1, 0.15) is 0 Å². The molecular weight excluding hydrogens is 268 g/mol. The quantitative estimate of drug-likeness (QED) is 0.735. The van der Waals surface area contributed by atoms with E-state index in [9.17, 15) is 5.11 Å². The molecule has 2 aromatic rings. The van der Waals surface area contributed by atoms with Crippen LogP contribution in [0.4, 0.5) is 0 Å². The van der Waals surface area contributed by atoms with E-state index in [2.05, 4.69) is 76.2 Å². The standard InChI is InChI=1S/C21H28O/c1-15(2)18-8-5-17(6-9-18)7-14-21(22)20-12-10-19(11-13-20)16(3)4/h5-6,8-13,15-16,21-22H,7,14H2,1-4H3. The highest BCUT2D eigenvalue weighted by molar-refractivity contribution is 5.27. The first-order chi connectivity index (χ1) is 10.5. The van der Waals surface area contributed by atoms with Crippen molar-refractivity contribution < 1.29 is 5.11 Å². The summed E-state index contributed by atoms with van der Waals surface area (Å²) in [6.45, 7) is 8.79. The molecule has 0 radical (unpaired) electrons. The van der Waals surface area contributed by atoms with Crippen LogP contribution in [0.2, 0.25) is 0 Å². The lowest BCUT2D eigenvalue weighted by atomic mass is 9.96. The van der Waals surface area contributed by atoms with E-state index in [1.807, 2.05) is 0 Å². The molecule has 22 heavy (non-hydrogen) atoms. The minimum atomic E-state index is -0.383. The van der Waals surface area contributed by atoms with Gasteiger partial charge in [0.2, 0.25) is 0 Å². The van der Waals surface area contributed by atoms with Crippen LogP contribution >= 0.6 is 0 Å². The van der Waals surface area contributed by atoms with Gasteiger partial charge in [-0.05, 0) is 46.9 Å². The second-order valence-corrected chi connectivity index (χ2v) is 6.77. The highest BCUT2D eigenvalue weighted by atomic mass is 16.3. The lowest BCUT2D eigenvalue weighted by Gasteiger charge is -2.13. The van der Waals surface area contributed by atoms with Gasteiger partial charge in [-0.25, -0.2) is 0 Å². The average Bonchev–Trinajstić information content (AvgIpc) is 2.53. The van der Waals surface area contributed by atoms with Crippen molar-refractivity contribution in [2.24, 2.45) is 0 Å². The molecule has 0 amide bonds. The van der Waals surface area contributed by atoms with Crippen LogP contribution in [-0.2, 0) is 6.42 Å². The van der Waals surface area contributed by atoms with Gasteiger partial charge in [0.15, 0.2) is 0 Å². The zero-order valence-electron chi connectivity index (χ0n) is 14.2. The molecule has 0 aromatic heterocycles. The molecule has 0 saturated carbocycles. The lowest BCUT2D eigenvalue weighted by molar-refractivity contribution is 0.168. The van der Waals surface area contributed by atoms with Gasteiger partial charge in [-0.1, -0.05) is 76.2 Å². The molecule has 2 rings (SSSR count). The van der Waals surface area contributed by atoms with Crippen molar-refractivity contribution >= 4 is 0 Å². The Bertz CT molecular complexity index is 564. The SMILES string of the molecule is CC(C)c1ccc(CCC(O)c2ccc(C(C)C)cc2)cc1. The summed E-state index contributed by atoms with van der Waals surface area (Å²) < 4.78 is 0. The van der Waals surface area contributed by atoms with Crippen LogP contribution in [0, 0.1) is 0 Å². The molecule has 0 spiro atoms. The van der Waals surface area contributed by atoms with Gasteiger partial charge >= 0.3 is 0 Å². The van der Waals surface area contributed by atoms with Gasteiger partial charge in [0.25, 0.3) is 0 Å². The third kappa shape index (κ3) is 4.45. The molecule has 0 bridgehead atoms. The molecular formula is C21H28O. The van der Waals surface area contributed by atoms with Crippen LogP contribution in [-0.4, -0.2) is 5.11 Å². The third-order valence-electron chi connectivity index (χ3n) is 4.34. The Hall–Kier alpha value is -1.60. The average molecular weight is 296 g/mol. The van der Waals surface area contributed by atoms with E-state index in [0.29, 0.717) is 11.8 Å². The molecule has 0 aliphatic rings. The summed E-state index contributed by atoms with van der Waals surface area (Å²) in [5.74, 6) is 1.10. The topological polar surface area (TPSA) is 20.2 Å². The number of hydrogen-bond acceptors (Lipinski definition) is 1. The summed E-state index contributed by atoms with van der Waals surface area (Å²) in [5, 5.41) is 10.4. The molecule has 1 heteroatoms. The van der Waals surface area contributed by atoms with Crippen LogP contribution in [0.1, 0.15) is 74.3 Å². The predicted octanol–water partition coefficient (Wildman–Crippen LogP) is 5.60. The maximum absolute atomic E-state index is 10.4. The molecule has 1 N–H and O–H groups in total. The van der Waals surface area contributed by atoms with Gasteiger partial charge in [-0.15, -0.1) is 0 Å². The fourth-order valence-electron chi connectivity index (χ4n) is 2.64. The lowest BCUT2D eigenvalue weighted by Crippen LogP contribution is -2.00. The molecule has 1 nitrogen and oxygen atoms in total. The number of rotatable bonds is 6. The molecule has 1 unspecified atom stereocenters. The number of hydrogen-bond donors (Lipinski definition) is 1. The van der Waals surface area contributed by atoms with E-state index in [0.717, 1.165) is 18.4 Å². The molecule has 2 aromatic carbocycles. The molecule has 0 aliphatic heterocycles. The molecule has 118 valence electrons. The Morgan fingerprint density at radius 3 is 1.55 bits per heavy atom. The molecule has 1 atom stereocenters. The van der Waals surface area contributed by atoms with Crippen molar-refractivity contribution in [3.63, 3.8) is 0 Å². The highest BCUT2D eigenvalue weighted by Gasteiger charge is 2.09. The Morgan fingerprint density at radius 2 is 1.09 bits per heavy atom. The van der Waals surface area contributed by atoms with Crippen molar-refractivity contribution in [3.8, 4) is 0 Å². The summed E-state index contributed by atoms with van der Waals surface area (Å²) in [6.07, 6.45) is 1.29. The van der Waals surface area contributed by atoms with Gasteiger partial charge in [0.05, 0.1) is 6.10 Å². The Morgan fingerprint density at radius 1 is 0.682 bits per heavy atom. The first kappa shape index (κ1) is 16.8.